The maximum absolute atomic E-state index is 12.6. The number of pyridine rings is 1. The zero-order chi connectivity index (χ0) is 27.7. The fourth-order valence-electron chi connectivity index (χ4n) is 5.42. The summed E-state index contributed by atoms with van der Waals surface area (Å²) in [5.41, 5.74) is 2.41. The number of carbonyl (C=O) groups excluding carboxylic acids is 1. The summed E-state index contributed by atoms with van der Waals surface area (Å²) < 4.78 is 5.62. The van der Waals surface area contributed by atoms with Gasteiger partial charge in [0.1, 0.15) is 18.2 Å². The number of aromatic nitrogens is 1. The van der Waals surface area contributed by atoms with Crippen LogP contribution in [0.2, 0.25) is 5.02 Å². The number of nitrogens with zero attached hydrogens (tertiary/aromatic N) is 5. The van der Waals surface area contributed by atoms with Crippen LogP contribution < -0.4 is 15.0 Å². The van der Waals surface area contributed by atoms with E-state index in [0.29, 0.717) is 35.3 Å². The fourth-order valence-corrected chi connectivity index (χ4v) is 5.71. The molecule has 2 saturated heterocycles. The third-order valence-corrected chi connectivity index (χ3v) is 7.94. The molecular weight excluding hydrogens is 524 g/mol. The van der Waals surface area contributed by atoms with Crippen LogP contribution in [-0.2, 0) is 6.54 Å². The van der Waals surface area contributed by atoms with Gasteiger partial charge >= 0.3 is 0 Å². The van der Waals surface area contributed by atoms with Gasteiger partial charge in [0.05, 0.1) is 28.8 Å². The molecule has 0 radical (unpaired) electrons. The SMILES string of the molecule is N#Cc1ccc(CN2CCC(N3CCN(c4ncc(C(=O)NCCOc5ccccc5)cc4Cl)CC3)CC2)cc1.[HH]. The molecule has 3 heterocycles. The molecule has 0 unspecified atom stereocenters. The number of piperazine rings is 1. The number of anilines is 1. The van der Waals surface area contributed by atoms with E-state index in [0.717, 1.165) is 70.2 Å². The monoisotopic (exact) mass is 560 g/mol. The molecule has 8 nitrogen and oxygen atoms in total. The van der Waals surface area contributed by atoms with Gasteiger partial charge < -0.3 is 15.0 Å². The minimum absolute atomic E-state index is 0. The van der Waals surface area contributed by atoms with Crippen LogP contribution in [0, 0.1) is 11.3 Å². The lowest BCUT2D eigenvalue weighted by Gasteiger charge is -2.43. The standard InChI is InChI=1S/C31H35ClN6O2.H2/c32-29-20-26(31(39)34-12-19-40-28-4-2-1-3-5-28)22-35-30(29)38-17-15-37(16-18-38)27-10-13-36(14-11-27)23-25-8-6-24(21-33)7-9-25;/h1-9,20,22,27H,10-19,23H2,(H,34,39);1H. The molecule has 3 aromatic rings. The topological polar surface area (TPSA) is 84.7 Å². The van der Waals surface area contributed by atoms with Crippen molar-refractivity contribution in [3.8, 4) is 11.8 Å². The maximum atomic E-state index is 12.6. The number of likely N-dealkylation sites (tertiary alicyclic amines) is 1. The number of piperidine rings is 1. The molecule has 2 aliphatic rings. The van der Waals surface area contributed by atoms with Gasteiger partial charge in [-0.2, -0.15) is 5.26 Å². The molecule has 1 amide bonds. The number of halogens is 1. The molecule has 0 aliphatic carbocycles. The van der Waals surface area contributed by atoms with Gasteiger partial charge in [0.15, 0.2) is 0 Å². The summed E-state index contributed by atoms with van der Waals surface area (Å²) in [6.45, 7) is 7.55. The molecular formula is C31H37ClN6O2. The lowest BCUT2D eigenvalue weighted by Crippen LogP contribution is -2.53. The molecule has 0 spiro atoms. The van der Waals surface area contributed by atoms with Gasteiger partial charge in [-0.1, -0.05) is 41.9 Å². The Morgan fingerprint density at radius 3 is 2.45 bits per heavy atom. The van der Waals surface area contributed by atoms with Crippen molar-refractivity contribution in [2.75, 3.05) is 57.3 Å². The summed E-state index contributed by atoms with van der Waals surface area (Å²) in [5.74, 6) is 1.30. The van der Waals surface area contributed by atoms with Crippen molar-refractivity contribution >= 4 is 23.3 Å². The van der Waals surface area contributed by atoms with Crippen LogP contribution in [-0.4, -0.2) is 79.2 Å². The molecule has 2 fully saturated rings. The highest BCUT2D eigenvalue weighted by atomic mass is 35.5. The third-order valence-electron chi connectivity index (χ3n) is 7.66. The molecule has 0 bridgehead atoms. The average Bonchev–Trinajstić information content (AvgIpc) is 3.00. The van der Waals surface area contributed by atoms with E-state index < -0.39 is 0 Å². The smallest absolute Gasteiger partial charge is 0.253 e. The van der Waals surface area contributed by atoms with Crippen molar-refractivity contribution in [2.24, 2.45) is 0 Å². The Bertz CT molecular complexity index is 1300. The second-order valence-corrected chi connectivity index (χ2v) is 10.7. The summed E-state index contributed by atoms with van der Waals surface area (Å²) in [7, 11) is 0. The predicted octanol–water partition coefficient (Wildman–Crippen LogP) is 4.45. The van der Waals surface area contributed by atoms with Crippen molar-refractivity contribution in [1.82, 2.24) is 20.1 Å². The highest BCUT2D eigenvalue weighted by molar-refractivity contribution is 6.33. The summed E-state index contributed by atoms with van der Waals surface area (Å²) >= 11 is 6.59. The van der Waals surface area contributed by atoms with E-state index in [1.165, 1.54) is 5.56 Å². The van der Waals surface area contributed by atoms with Gasteiger partial charge in [0.2, 0.25) is 0 Å². The first-order valence-corrected chi connectivity index (χ1v) is 14.3. The Hall–Kier alpha value is -3.64. The number of hydrogen-bond acceptors (Lipinski definition) is 7. The lowest BCUT2D eigenvalue weighted by molar-refractivity contribution is 0.0946. The van der Waals surface area contributed by atoms with Crippen LogP contribution in [0.1, 0.15) is 35.8 Å². The molecule has 40 heavy (non-hydrogen) atoms. The molecule has 2 aromatic carbocycles. The van der Waals surface area contributed by atoms with E-state index in [4.69, 9.17) is 21.6 Å². The Kier molecular flexibility index (Phi) is 9.50. The van der Waals surface area contributed by atoms with Gasteiger partial charge in [0.25, 0.3) is 5.91 Å². The number of nitriles is 1. The predicted molar refractivity (Wildman–Crippen MR) is 159 cm³/mol. The van der Waals surface area contributed by atoms with E-state index >= 15 is 0 Å². The maximum Gasteiger partial charge on any atom is 0.253 e. The minimum atomic E-state index is -0.215. The zero-order valence-electron chi connectivity index (χ0n) is 22.6. The molecule has 1 N–H and O–H groups in total. The van der Waals surface area contributed by atoms with E-state index in [1.54, 1.807) is 12.3 Å². The Morgan fingerprint density at radius 1 is 1.05 bits per heavy atom. The number of carbonyl (C=O) groups is 1. The number of hydrogen-bond donors (Lipinski definition) is 1. The van der Waals surface area contributed by atoms with Crippen LogP contribution in [0.25, 0.3) is 0 Å². The van der Waals surface area contributed by atoms with E-state index in [-0.39, 0.29) is 7.33 Å². The number of nitrogens with one attached hydrogen (secondary N) is 1. The van der Waals surface area contributed by atoms with E-state index in [2.05, 4.69) is 43.2 Å². The van der Waals surface area contributed by atoms with E-state index in [1.807, 2.05) is 42.5 Å². The Balaban J connectivity index is 0.00000387. The summed E-state index contributed by atoms with van der Waals surface area (Å²) in [5, 5.41) is 12.4. The quantitative estimate of drug-likeness (QED) is 0.387. The normalized spacial score (nSPS) is 16.9. The molecule has 210 valence electrons. The summed E-state index contributed by atoms with van der Waals surface area (Å²) in [6, 6.07) is 21.9. The van der Waals surface area contributed by atoms with Crippen LogP contribution in [0.5, 0.6) is 5.75 Å². The van der Waals surface area contributed by atoms with Crippen molar-refractivity contribution in [3.63, 3.8) is 0 Å². The van der Waals surface area contributed by atoms with Crippen molar-refractivity contribution in [1.29, 1.82) is 5.26 Å². The molecule has 5 rings (SSSR count). The minimum Gasteiger partial charge on any atom is -0.492 e. The molecule has 0 saturated carbocycles. The Morgan fingerprint density at radius 2 is 1.77 bits per heavy atom. The molecule has 1 aromatic heterocycles. The van der Waals surface area contributed by atoms with Gasteiger partial charge in [-0.15, -0.1) is 0 Å². The average molecular weight is 561 g/mol. The molecule has 0 atom stereocenters. The highest BCUT2D eigenvalue weighted by Gasteiger charge is 2.28. The van der Waals surface area contributed by atoms with Crippen molar-refractivity contribution in [2.45, 2.75) is 25.4 Å². The first kappa shape index (κ1) is 27.9. The van der Waals surface area contributed by atoms with Crippen LogP contribution in [0.4, 0.5) is 5.82 Å². The van der Waals surface area contributed by atoms with Gasteiger partial charge in [-0.3, -0.25) is 14.6 Å². The summed E-state index contributed by atoms with van der Waals surface area (Å²) in [6.07, 6.45) is 3.93. The number of ether oxygens (including phenoxy) is 1. The van der Waals surface area contributed by atoms with Crippen LogP contribution in [0.3, 0.4) is 0 Å². The van der Waals surface area contributed by atoms with Gasteiger partial charge in [0, 0.05) is 46.4 Å². The second-order valence-electron chi connectivity index (χ2n) is 10.3. The van der Waals surface area contributed by atoms with E-state index in [9.17, 15) is 4.79 Å². The molecule has 2 aliphatic heterocycles. The van der Waals surface area contributed by atoms with Crippen LogP contribution in [0.15, 0.2) is 66.9 Å². The highest BCUT2D eigenvalue weighted by Crippen LogP contribution is 2.27. The number of rotatable bonds is 9. The van der Waals surface area contributed by atoms with Crippen molar-refractivity contribution in [3.05, 3.63) is 88.6 Å². The zero-order valence-corrected chi connectivity index (χ0v) is 23.4. The van der Waals surface area contributed by atoms with Gasteiger partial charge in [-0.05, 0) is 61.8 Å². The molecule has 9 heteroatoms. The lowest BCUT2D eigenvalue weighted by atomic mass is 10.0. The second kappa shape index (κ2) is 13.6. The van der Waals surface area contributed by atoms with Crippen LogP contribution >= 0.6 is 11.6 Å². The largest absolute Gasteiger partial charge is 0.492 e. The first-order valence-electron chi connectivity index (χ1n) is 13.9. The fraction of sp³-hybridized carbons (Fsp3) is 0.387. The Labute approximate surface area is 242 Å². The first-order chi connectivity index (χ1) is 19.6. The number of benzene rings is 2. The number of amides is 1. The third kappa shape index (κ3) is 7.30. The van der Waals surface area contributed by atoms with Gasteiger partial charge in [-0.25, -0.2) is 4.98 Å². The summed E-state index contributed by atoms with van der Waals surface area (Å²) in [4.78, 5) is 24.4. The number of para-hydroxylation sites is 1. The van der Waals surface area contributed by atoms with Crippen molar-refractivity contribution < 1.29 is 11.0 Å².